The predicted molar refractivity (Wildman–Crippen MR) is 493 cm³/mol. The fourth-order valence-electron chi connectivity index (χ4n) is 15.1. The smallest absolute Gasteiger partial charge is 0.305 e. The number of unbranched alkanes of at least 4 members (excludes halogenated alkanes) is 1. The van der Waals surface area contributed by atoms with Crippen LogP contribution in [0.5, 0.6) is 11.5 Å². The standard InChI is InChI=1S/C95H118N16O21S/c1-10-11-31-75-90(127)101-67(40-41-81(117)118)85(122)104-71(49-82(119)120)89(126)107-83(56(4)5)95(132)110(8)76(46-58-25-17-13-18-26-58)91(128)105-72(45-61-34-38-64(113)39-35-61)92(129)108(6)52-79(115)99-70(48-62-50-97-66-30-22-21-29-65(62)66)88(125)103-69(43-60-32-36-63(112)37-33-60)87(124)102-68(42-55(2)3)86(123)106-74(84(121)98-51-78(96)114)53-133-54-80(116)100-73(44-57-23-15-12-16-24-57)93(130)111(9)77(94(131)109(75)7)47-59-27-19-14-20-28-59/h12-30,32-39,50,55,67-77,83,97,112-113H,4,10-11,31,40-49,51-54H2,1-3,5-9H3,(H2,96,114)(H,98,121)(H,99,115)(H,100,116)(H,101,127)(H,102,124)(H,103,125)(H,104,122)(H,105,128)(H,106,123)(H,107,126)(H,117,118)(H,119,120)/t67-,68-,69-,70-,71-,72-,73-,74-,75?,76-,77-,83-/m0/s1. The molecule has 133 heavy (non-hydrogen) atoms. The number of aliphatic carboxylic acids is 2. The highest BCUT2D eigenvalue weighted by molar-refractivity contribution is 8.00. The summed E-state index contributed by atoms with van der Waals surface area (Å²) in [6, 6.07) is 23.5. The summed E-state index contributed by atoms with van der Waals surface area (Å²) in [5.74, 6) is -19.6. The summed E-state index contributed by atoms with van der Waals surface area (Å²) in [5, 5.41) is 67.9. The lowest BCUT2D eigenvalue weighted by Crippen LogP contribution is -2.61. The summed E-state index contributed by atoms with van der Waals surface area (Å²) < 4.78 is 0. The van der Waals surface area contributed by atoms with Gasteiger partial charge < -0.3 is 104 Å². The van der Waals surface area contributed by atoms with Crippen LogP contribution in [0.3, 0.4) is 0 Å². The number of H-pyrrole nitrogens is 1. The first-order valence-corrected chi connectivity index (χ1v) is 44.6. The van der Waals surface area contributed by atoms with Crippen molar-refractivity contribution in [2.75, 3.05) is 52.8 Å². The number of aromatic nitrogens is 1. The SMILES string of the molecule is C=C(C)[C@@H]1NC(=O)[C@H](CC(=O)O)NC(=O)[C@H](CCC(=O)O)NC(=O)C(CCCC)N(C)C(=O)[C@H](Cc2ccccc2)N(C)C(=O)[C@H](Cc2ccccc2)NC(=O)CSC[C@@H](C(=O)NCC(N)=O)NC(=O)[C@H](CC(C)C)NC(=O)[C@H](Cc2ccc(O)cc2)NC(=O)[C@H](Cc2c[nH]c3ccccc23)NC(=O)CN(C)C(=O)[C@H](Cc2ccc(O)cc2)NC(=O)[C@H](Cc2ccccc2)N(C)C1=O. The van der Waals surface area contributed by atoms with Gasteiger partial charge in [0.25, 0.3) is 0 Å². The van der Waals surface area contributed by atoms with Gasteiger partial charge in [-0.3, -0.25) is 81.5 Å². The van der Waals surface area contributed by atoms with Crippen LogP contribution in [0.1, 0.15) is 106 Å². The number of hydrogen-bond acceptors (Lipinski definition) is 20. The Kier molecular flexibility index (Phi) is 39.6. The second-order valence-corrected chi connectivity index (χ2v) is 34.4. The highest BCUT2D eigenvalue weighted by Gasteiger charge is 2.43. The number of phenolic OH excluding ortho intramolecular Hbond substituents is 2. The van der Waals surface area contributed by atoms with Crippen molar-refractivity contribution >= 4 is 123 Å². The number of phenols is 2. The number of likely N-dealkylation sites (N-methyl/N-ethyl adjacent to an activating group) is 4. The van der Waals surface area contributed by atoms with E-state index in [2.05, 4.69) is 64.7 Å². The van der Waals surface area contributed by atoms with Crippen LogP contribution in [0, 0.1) is 5.92 Å². The predicted octanol–water partition coefficient (Wildman–Crippen LogP) is 2.14. The second kappa shape index (κ2) is 50.6. The third-order valence-corrected chi connectivity index (χ3v) is 23.4. The van der Waals surface area contributed by atoms with Crippen molar-refractivity contribution in [1.82, 2.24) is 77.8 Å². The molecule has 0 bridgehead atoms. The third kappa shape index (κ3) is 32.0. The summed E-state index contributed by atoms with van der Waals surface area (Å²) in [4.78, 5) is 256. The van der Waals surface area contributed by atoms with Crippen LogP contribution in [0.15, 0.2) is 182 Å². The maximum Gasteiger partial charge on any atom is 0.305 e. The van der Waals surface area contributed by atoms with Crippen LogP contribution in [0.4, 0.5) is 0 Å². The van der Waals surface area contributed by atoms with Crippen molar-refractivity contribution in [3.05, 3.63) is 216 Å². The Balaban J connectivity index is 1.23. The number of amides is 15. The van der Waals surface area contributed by atoms with Crippen LogP contribution < -0.4 is 58.9 Å². The van der Waals surface area contributed by atoms with E-state index in [4.69, 9.17) is 5.73 Å². The highest BCUT2D eigenvalue weighted by atomic mass is 32.2. The molecule has 38 heteroatoms. The van der Waals surface area contributed by atoms with Gasteiger partial charge in [0.1, 0.15) is 84.0 Å². The largest absolute Gasteiger partial charge is 0.508 e. The van der Waals surface area contributed by atoms with Gasteiger partial charge in [0.15, 0.2) is 0 Å². The van der Waals surface area contributed by atoms with Gasteiger partial charge in [0.05, 0.1) is 25.3 Å². The average molecular weight is 1850 g/mol. The minimum atomic E-state index is -2.12. The van der Waals surface area contributed by atoms with Crippen molar-refractivity contribution in [3.8, 4) is 11.5 Å². The zero-order valence-corrected chi connectivity index (χ0v) is 76.2. The molecule has 6 aromatic carbocycles. The number of carbonyl (C=O) groups excluding carboxylic acids is 15. The molecule has 7 aromatic rings. The molecular weight excluding hydrogens is 1730 g/mol. The molecule has 0 spiro atoms. The van der Waals surface area contributed by atoms with E-state index < -0.39 is 217 Å². The summed E-state index contributed by atoms with van der Waals surface area (Å²) in [5.41, 5.74) is 8.77. The van der Waals surface area contributed by atoms with E-state index in [0.717, 1.165) is 31.4 Å². The van der Waals surface area contributed by atoms with Gasteiger partial charge in [-0.1, -0.05) is 174 Å². The molecular formula is C95H118N16O21S. The maximum atomic E-state index is 15.6. The van der Waals surface area contributed by atoms with Crippen LogP contribution in [-0.2, 0) is 120 Å². The lowest BCUT2D eigenvalue weighted by molar-refractivity contribution is -0.149. The number of aromatic hydroxyl groups is 2. The van der Waals surface area contributed by atoms with Crippen molar-refractivity contribution in [1.29, 1.82) is 0 Å². The molecule has 1 unspecified atom stereocenters. The van der Waals surface area contributed by atoms with E-state index in [1.165, 1.54) is 83.6 Å². The Labute approximate surface area is 774 Å². The number of carboxylic acid groups (broad SMARTS) is 2. The molecule has 12 atom stereocenters. The number of benzene rings is 6. The number of carboxylic acids is 2. The van der Waals surface area contributed by atoms with Gasteiger partial charge in [0.2, 0.25) is 88.6 Å². The number of para-hydroxylation sites is 1. The number of thioether (sulfide) groups is 1. The molecule has 8 rings (SSSR count). The number of carbonyl (C=O) groups is 17. The lowest BCUT2D eigenvalue weighted by Gasteiger charge is -2.36. The second-order valence-electron chi connectivity index (χ2n) is 33.4. The van der Waals surface area contributed by atoms with E-state index in [9.17, 15) is 63.6 Å². The quantitative estimate of drug-likeness (QED) is 0.0345. The Morgan fingerprint density at radius 3 is 1.47 bits per heavy atom. The Morgan fingerprint density at radius 1 is 0.474 bits per heavy atom. The molecule has 1 aromatic heterocycles. The van der Waals surface area contributed by atoms with E-state index in [1.54, 1.807) is 142 Å². The molecule has 1 aliphatic rings. The van der Waals surface area contributed by atoms with Crippen LogP contribution in [-0.4, -0.2) is 271 Å². The monoisotopic (exact) mass is 1850 g/mol. The molecule has 0 saturated carbocycles. The zero-order chi connectivity index (χ0) is 97.3. The molecule has 1 saturated heterocycles. The molecule has 0 aliphatic carbocycles. The number of fused-ring (bicyclic) bond motifs is 1. The lowest BCUT2D eigenvalue weighted by atomic mass is 9.99. The average Bonchev–Trinajstić information content (AvgIpc) is 1.80. The van der Waals surface area contributed by atoms with Crippen molar-refractivity contribution in [2.24, 2.45) is 11.7 Å². The Morgan fingerprint density at radius 2 is 0.925 bits per heavy atom. The van der Waals surface area contributed by atoms with Gasteiger partial charge in [0, 0.05) is 96.0 Å². The molecule has 17 N–H and O–H groups in total. The fourth-order valence-corrected chi connectivity index (χ4v) is 16.0. The van der Waals surface area contributed by atoms with E-state index in [0.29, 0.717) is 50.7 Å². The van der Waals surface area contributed by atoms with Gasteiger partial charge in [-0.15, -0.1) is 11.8 Å². The first kappa shape index (κ1) is 104. The number of aromatic amines is 1. The number of nitrogens with zero attached hydrogens (tertiary/aromatic N) is 4. The minimum absolute atomic E-state index is 0.0974. The van der Waals surface area contributed by atoms with Gasteiger partial charge in [-0.05, 0) is 101 Å². The van der Waals surface area contributed by atoms with E-state index >= 15 is 38.4 Å². The van der Waals surface area contributed by atoms with Crippen LogP contribution in [0.25, 0.3) is 10.9 Å². The van der Waals surface area contributed by atoms with Crippen molar-refractivity contribution < 1.29 is 102 Å². The molecule has 1 fully saturated rings. The van der Waals surface area contributed by atoms with Crippen LogP contribution >= 0.6 is 11.8 Å². The number of rotatable bonds is 26. The zero-order valence-electron chi connectivity index (χ0n) is 75.4. The fraction of sp³-hybridized carbons (Fsp3) is 0.400. The molecule has 0 radical (unpaired) electrons. The first-order chi connectivity index (χ1) is 63.3. The number of primary amides is 1. The molecule has 37 nitrogen and oxygen atoms in total. The number of nitrogens with one attached hydrogen (secondary N) is 11. The topological polar surface area (TPSA) is 546 Å². The molecule has 15 amide bonds. The molecule has 710 valence electrons. The summed E-state index contributed by atoms with van der Waals surface area (Å²) in [7, 11) is 5.02. The number of hydrogen-bond donors (Lipinski definition) is 16. The minimum Gasteiger partial charge on any atom is -0.508 e. The Bertz CT molecular complexity index is 5280. The van der Waals surface area contributed by atoms with E-state index in [1.807, 2.05) is 0 Å². The molecule has 2 heterocycles. The van der Waals surface area contributed by atoms with Crippen LogP contribution in [0.2, 0.25) is 0 Å². The normalized spacial score (nSPS) is 22.0. The number of nitrogens with two attached hydrogens (primary N) is 1. The summed E-state index contributed by atoms with van der Waals surface area (Å²) >= 11 is 0.799. The van der Waals surface area contributed by atoms with Crippen molar-refractivity contribution in [2.45, 2.75) is 184 Å². The molecule has 1 aliphatic heterocycles. The van der Waals surface area contributed by atoms with Gasteiger partial charge in [-0.2, -0.15) is 0 Å². The third-order valence-electron chi connectivity index (χ3n) is 22.4. The first-order valence-electron chi connectivity index (χ1n) is 43.5. The maximum absolute atomic E-state index is 15.6. The van der Waals surface area contributed by atoms with Gasteiger partial charge >= 0.3 is 11.9 Å². The highest BCUT2D eigenvalue weighted by Crippen LogP contribution is 2.25. The van der Waals surface area contributed by atoms with Gasteiger partial charge in [-0.25, -0.2) is 0 Å². The van der Waals surface area contributed by atoms with Crippen molar-refractivity contribution in [3.63, 3.8) is 0 Å². The Hall–Kier alpha value is -14.5. The summed E-state index contributed by atoms with van der Waals surface area (Å²) in [6.45, 7) is 8.96. The summed E-state index contributed by atoms with van der Waals surface area (Å²) in [6.07, 6.45) is -2.21. The van der Waals surface area contributed by atoms with E-state index in [-0.39, 0.29) is 80.8 Å².